The Labute approximate surface area is 207 Å². The molecular weight excluding hydrogens is 468 g/mol. The molecule has 0 saturated carbocycles. The van der Waals surface area contributed by atoms with Gasteiger partial charge in [0.2, 0.25) is 11.8 Å². The Balaban J connectivity index is 1.23. The topological polar surface area (TPSA) is 78.0 Å². The van der Waals surface area contributed by atoms with E-state index in [0.717, 1.165) is 18.2 Å². The number of para-hydroxylation sites is 1. The van der Waals surface area contributed by atoms with E-state index in [1.54, 1.807) is 39.0 Å². The fraction of sp³-hybridized carbons (Fsp3) is 0.407. The van der Waals surface area contributed by atoms with Crippen molar-refractivity contribution in [2.75, 3.05) is 24.5 Å². The van der Waals surface area contributed by atoms with Gasteiger partial charge >= 0.3 is 0 Å². The average molecular weight is 496 g/mol. The largest absolute Gasteiger partial charge is 0.343 e. The highest BCUT2D eigenvalue weighted by Gasteiger charge is 2.52. The molecule has 3 aliphatic heterocycles. The molecule has 0 aliphatic carbocycles. The standard InChI is InChI=1S/C27H27F2N3O4/c1-27-12-8-24(34)32(27)22-5-3-2-4-19(22)26(36)31(27)15-11-23(33)30-13-9-17(10-14-30)25(35)20-16-18(28)6-7-21(20)29/h2-7,16-17H,8-15H2,1H3. The van der Waals surface area contributed by atoms with Crippen molar-refractivity contribution in [1.82, 2.24) is 9.80 Å². The number of carbonyl (C=O) groups is 4. The number of piperidine rings is 1. The number of likely N-dealkylation sites (tertiary alicyclic amines) is 1. The Morgan fingerprint density at radius 3 is 2.53 bits per heavy atom. The Kier molecular flexibility index (Phi) is 6.10. The minimum absolute atomic E-state index is 0.0461. The van der Waals surface area contributed by atoms with Crippen LogP contribution >= 0.6 is 0 Å². The lowest BCUT2D eigenvalue weighted by Crippen LogP contribution is -2.62. The molecular formula is C27H27F2N3O4. The van der Waals surface area contributed by atoms with Gasteiger partial charge in [-0.15, -0.1) is 0 Å². The summed E-state index contributed by atoms with van der Waals surface area (Å²) in [6.07, 6.45) is 1.62. The third-order valence-electron chi connectivity index (χ3n) is 7.71. The molecule has 0 aromatic heterocycles. The highest BCUT2D eigenvalue weighted by molar-refractivity contribution is 6.10. The Hall–Kier alpha value is -3.62. The van der Waals surface area contributed by atoms with E-state index in [1.807, 2.05) is 6.92 Å². The molecule has 2 aromatic rings. The molecule has 3 aliphatic rings. The SMILES string of the molecule is CC12CCC(=O)N1c1ccccc1C(=O)N2CCC(=O)N1CCC(C(=O)c2cc(F)ccc2F)CC1. The molecule has 2 saturated heterocycles. The number of benzene rings is 2. The highest BCUT2D eigenvalue weighted by atomic mass is 19.1. The van der Waals surface area contributed by atoms with Crippen LogP contribution in [0.2, 0.25) is 0 Å². The van der Waals surface area contributed by atoms with Gasteiger partial charge in [-0.2, -0.15) is 0 Å². The van der Waals surface area contributed by atoms with Gasteiger partial charge in [0.1, 0.15) is 17.3 Å². The highest BCUT2D eigenvalue weighted by Crippen LogP contribution is 2.44. The van der Waals surface area contributed by atoms with Gasteiger partial charge in [-0.1, -0.05) is 12.1 Å². The summed E-state index contributed by atoms with van der Waals surface area (Å²) in [6.45, 7) is 2.67. The van der Waals surface area contributed by atoms with Gasteiger partial charge in [-0.05, 0) is 56.5 Å². The van der Waals surface area contributed by atoms with Crippen LogP contribution in [0.1, 0.15) is 59.7 Å². The molecule has 1 atom stereocenters. The quantitative estimate of drug-likeness (QED) is 0.592. The van der Waals surface area contributed by atoms with Gasteiger partial charge < -0.3 is 9.80 Å². The molecule has 0 bridgehead atoms. The lowest BCUT2D eigenvalue weighted by Gasteiger charge is -2.48. The van der Waals surface area contributed by atoms with Gasteiger partial charge in [0.25, 0.3) is 5.91 Å². The van der Waals surface area contributed by atoms with Crippen molar-refractivity contribution in [2.45, 2.75) is 44.7 Å². The number of hydrogen-bond acceptors (Lipinski definition) is 4. The van der Waals surface area contributed by atoms with Gasteiger partial charge in [0.15, 0.2) is 5.78 Å². The third kappa shape index (κ3) is 3.96. The summed E-state index contributed by atoms with van der Waals surface area (Å²) in [7, 11) is 0. The second kappa shape index (κ2) is 9.11. The van der Waals surface area contributed by atoms with Gasteiger partial charge in [-0.3, -0.25) is 24.1 Å². The minimum Gasteiger partial charge on any atom is -0.343 e. The van der Waals surface area contributed by atoms with E-state index in [0.29, 0.717) is 50.0 Å². The maximum Gasteiger partial charge on any atom is 0.257 e. The predicted octanol–water partition coefficient (Wildman–Crippen LogP) is 3.78. The summed E-state index contributed by atoms with van der Waals surface area (Å²) < 4.78 is 27.5. The summed E-state index contributed by atoms with van der Waals surface area (Å²) in [4.78, 5) is 56.7. The summed E-state index contributed by atoms with van der Waals surface area (Å²) >= 11 is 0. The first-order valence-corrected chi connectivity index (χ1v) is 12.2. The van der Waals surface area contributed by atoms with Crippen molar-refractivity contribution in [1.29, 1.82) is 0 Å². The van der Waals surface area contributed by atoms with E-state index in [9.17, 15) is 28.0 Å². The zero-order chi connectivity index (χ0) is 25.6. The Morgan fingerprint density at radius 1 is 1.06 bits per heavy atom. The third-order valence-corrected chi connectivity index (χ3v) is 7.71. The van der Waals surface area contributed by atoms with Crippen LogP contribution in [0.5, 0.6) is 0 Å². The van der Waals surface area contributed by atoms with Crippen LogP contribution in [0.15, 0.2) is 42.5 Å². The predicted molar refractivity (Wildman–Crippen MR) is 127 cm³/mol. The second-order valence-corrected chi connectivity index (χ2v) is 9.81. The van der Waals surface area contributed by atoms with Crippen LogP contribution in [0, 0.1) is 17.6 Å². The normalized spacial score (nSPS) is 22.0. The molecule has 5 rings (SSSR count). The summed E-state index contributed by atoms with van der Waals surface area (Å²) in [5, 5.41) is 0. The van der Waals surface area contributed by atoms with Crippen molar-refractivity contribution in [3.63, 3.8) is 0 Å². The molecule has 3 amide bonds. The number of carbonyl (C=O) groups excluding carboxylic acids is 4. The van der Waals surface area contributed by atoms with E-state index in [1.165, 1.54) is 0 Å². The van der Waals surface area contributed by atoms with Crippen LogP contribution in [0.25, 0.3) is 0 Å². The van der Waals surface area contributed by atoms with Crippen LogP contribution in [-0.4, -0.2) is 58.6 Å². The first kappa shape index (κ1) is 24.1. The Morgan fingerprint density at radius 2 is 1.78 bits per heavy atom. The molecule has 7 nitrogen and oxygen atoms in total. The summed E-state index contributed by atoms with van der Waals surface area (Å²) in [6, 6.07) is 9.86. The zero-order valence-corrected chi connectivity index (χ0v) is 20.0. The lowest BCUT2D eigenvalue weighted by molar-refractivity contribution is -0.132. The van der Waals surface area contributed by atoms with E-state index >= 15 is 0 Å². The number of halogens is 2. The van der Waals surface area contributed by atoms with Crippen molar-refractivity contribution >= 4 is 29.2 Å². The molecule has 2 aromatic carbocycles. The molecule has 9 heteroatoms. The fourth-order valence-corrected chi connectivity index (χ4v) is 5.70. The van der Waals surface area contributed by atoms with Gasteiger partial charge in [0.05, 0.1) is 16.8 Å². The number of fused-ring (bicyclic) bond motifs is 3. The maximum absolute atomic E-state index is 14.0. The van der Waals surface area contributed by atoms with Crippen molar-refractivity contribution in [3.8, 4) is 0 Å². The van der Waals surface area contributed by atoms with Gasteiger partial charge in [0, 0.05) is 38.4 Å². The molecule has 0 N–H and O–H groups in total. The first-order valence-electron chi connectivity index (χ1n) is 12.2. The molecule has 36 heavy (non-hydrogen) atoms. The number of ketones is 1. The number of anilines is 1. The molecule has 0 radical (unpaired) electrons. The summed E-state index contributed by atoms with van der Waals surface area (Å²) in [5.74, 6) is -2.75. The van der Waals surface area contributed by atoms with E-state index in [2.05, 4.69) is 0 Å². The number of rotatable bonds is 5. The fourth-order valence-electron chi connectivity index (χ4n) is 5.70. The number of hydrogen-bond donors (Lipinski definition) is 0. The zero-order valence-electron chi connectivity index (χ0n) is 20.0. The number of nitrogens with zero attached hydrogens (tertiary/aromatic N) is 3. The van der Waals surface area contributed by atoms with E-state index in [-0.39, 0.29) is 36.3 Å². The van der Waals surface area contributed by atoms with Crippen molar-refractivity contribution in [3.05, 3.63) is 65.2 Å². The first-order chi connectivity index (χ1) is 17.2. The van der Waals surface area contributed by atoms with Crippen molar-refractivity contribution < 1.29 is 28.0 Å². The van der Waals surface area contributed by atoms with Crippen LogP contribution in [-0.2, 0) is 9.59 Å². The summed E-state index contributed by atoms with van der Waals surface area (Å²) in [5.41, 5.74) is -0.0252. The second-order valence-electron chi connectivity index (χ2n) is 9.81. The lowest BCUT2D eigenvalue weighted by atomic mass is 9.88. The minimum atomic E-state index is -0.822. The molecule has 1 unspecified atom stereocenters. The van der Waals surface area contributed by atoms with Crippen LogP contribution in [0.3, 0.4) is 0 Å². The number of Topliss-reactive ketones (excluding diaryl/α,β-unsaturated/α-hetero) is 1. The molecule has 0 spiro atoms. The van der Waals surface area contributed by atoms with Crippen LogP contribution in [0.4, 0.5) is 14.5 Å². The Bertz CT molecular complexity index is 1260. The number of amides is 3. The average Bonchev–Trinajstić information content (AvgIpc) is 3.19. The van der Waals surface area contributed by atoms with E-state index in [4.69, 9.17) is 0 Å². The molecule has 188 valence electrons. The van der Waals surface area contributed by atoms with E-state index < -0.39 is 29.0 Å². The van der Waals surface area contributed by atoms with Crippen LogP contribution < -0.4 is 4.90 Å². The maximum atomic E-state index is 14.0. The molecule has 3 heterocycles. The van der Waals surface area contributed by atoms with Crippen molar-refractivity contribution in [2.24, 2.45) is 5.92 Å². The van der Waals surface area contributed by atoms with Gasteiger partial charge in [-0.25, -0.2) is 8.78 Å². The smallest absolute Gasteiger partial charge is 0.257 e. The monoisotopic (exact) mass is 495 g/mol. The molecule has 2 fully saturated rings.